The number of amides is 2. The Balaban J connectivity index is 1.50. The Morgan fingerprint density at radius 3 is 2.87 bits per heavy atom. The Kier molecular flexibility index (Phi) is 5.98. The number of methoxy groups -OCH3 is 1. The summed E-state index contributed by atoms with van der Waals surface area (Å²) < 4.78 is 10.4. The molecule has 1 unspecified atom stereocenters. The maximum Gasteiger partial charge on any atom is 0.253 e. The molecule has 0 bridgehead atoms. The van der Waals surface area contributed by atoms with Crippen LogP contribution in [0.2, 0.25) is 5.02 Å². The number of carbonyl (C=O) groups excluding carboxylic acids is 2. The summed E-state index contributed by atoms with van der Waals surface area (Å²) in [6.45, 7) is 1.31. The molecule has 2 heterocycles. The van der Waals surface area contributed by atoms with Crippen LogP contribution in [-0.4, -0.2) is 55.3 Å². The number of nitrogens with one attached hydrogen (secondary N) is 2. The molecule has 30 heavy (non-hydrogen) atoms. The zero-order valence-electron chi connectivity index (χ0n) is 16.4. The molecule has 1 saturated heterocycles. The Bertz CT molecular complexity index is 1070. The molecule has 0 radical (unpaired) electrons. The fourth-order valence-corrected chi connectivity index (χ4v) is 3.52. The highest BCUT2D eigenvalue weighted by Gasteiger charge is 2.22. The van der Waals surface area contributed by atoms with Gasteiger partial charge in [0.15, 0.2) is 0 Å². The van der Waals surface area contributed by atoms with Gasteiger partial charge in [0.2, 0.25) is 0 Å². The molecule has 3 aromatic rings. The molecule has 1 aromatic heterocycles. The van der Waals surface area contributed by atoms with Crippen molar-refractivity contribution in [3.8, 4) is 0 Å². The molecule has 4 rings (SSSR count). The van der Waals surface area contributed by atoms with Crippen LogP contribution in [0.1, 0.15) is 22.2 Å². The first-order valence-corrected chi connectivity index (χ1v) is 9.86. The molecule has 0 saturated carbocycles. The standard InChI is InChI=1S/C21H21ClN4O4/c1-29-11-18(20-23-16-7-4-14(22)10-17(16)24-20)25-21(28)13-2-5-15(6-3-13)26-8-9-30-12-19(26)27/h2-7,10,18H,8-9,11-12H2,1H3,(H,23,24)(H,25,28). The summed E-state index contributed by atoms with van der Waals surface area (Å²) in [5.74, 6) is 0.219. The molecule has 8 nitrogen and oxygen atoms in total. The minimum absolute atomic E-state index is 0.0731. The SMILES string of the molecule is COCC(NC(=O)c1ccc(N2CCOCC2=O)cc1)c1nc2ccc(Cl)cc2[nH]1. The highest BCUT2D eigenvalue weighted by atomic mass is 35.5. The van der Waals surface area contributed by atoms with Gasteiger partial charge < -0.3 is 24.7 Å². The summed E-state index contributed by atoms with van der Waals surface area (Å²) in [4.78, 5) is 34.1. The predicted molar refractivity (Wildman–Crippen MR) is 113 cm³/mol. The van der Waals surface area contributed by atoms with Gasteiger partial charge in [-0.1, -0.05) is 11.6 Å². The van der Waals surface area contributed by atoms with E-state index in [0.29, 0.717) is 29.6 Å². The number of ether oxygens (including phenoxy) is 2. The number of hydrogen-bond donors (Lipinski definition) is 2. The Morgan fingerprint density at radius 2 is 2.13 bits per heavy atom. The second kappa shape index (κ2) is 8.83. The molecule has 1 aliphatic heterocycles. The molecule has 9 heteroatoms. The van der Waals surface area contributed by atoms with E-state index in [1.807, 2.05) is 6.07 Å². The summed E-state index contributed by atoms with van der Waals surface area (Å²) in [5.41, 5.74) is 2.75. The van der Waals surface area contributed by atoms with Gasteiger partial charge in [0.05, 0.1) is 24.2 Å². The normalized spacial score (nSPS) is 15.4. The van der Waals surface area contributed by atoms with Crippen molar-refractivity contribution in [2.75, 3.05) is 38.4 Å². The van der Waals surface area contributed by atoms with Gasteiger partial charge in [0, 0.05) is 29.9 Å². The monoisotopic (exact) mass is 428 g/mol. The third-order valence-electron chi connectivity index (χ3n) is 4.86. The van der Waals surface area contributed by atoms with Crippen molar-refractivity contribution in [3.05, 3.63) is 58.9 Å². The lowest BCUT2D eigenvalue weighted by atomic mass is 10.1. The molecule has 1 fully saturated rings. The van der Waals surface area contributed by atoms with Crippen LogP contribution in [0.3, 0.4) is 0 Å². The molecule has 0 aliphatic carbocycles. The molecular formula is C21H21ClN4O4. The van der Waals surface area contributed by atoms with E-state index < -0.39 is 6.04 Å². The van der Waals surface area contributed by atoms with Crippen molar-refractivity contribution in [2.24, 2.45) is 0 Å². The Hall–Kier alpha value is -2.94. The zero-order chi connectivity index (χ0) is 21.1. The van der Waals surface area contributed by atoms with E-state index in [0.717, 1.165) is 16.7 Å². The quantitative estimate of drug-likeness (QED) is 0.629. The largest absolute Gasteiger partial charge is 0.382 e. The molecular weight excluding hydrogens is 408 g/mol. The van der Waals surface area contributed by atoms with Gasteiger partial charge in [0.1, 0.15) is 18.5 Å². The summed E-state index contributed by atoms with van der Waals surface area (Å²) in [7, 11) is 1.56. The lowest BCUT2D eigenvalue weighted by Crippen LogP contribution is -2.41. The van der Waals surface area contributed by atoms with E-state index in [-0.39, 0.29) is 25.0 Å². The second-order valence-corrected chi connectivity index (χ2v) is 7.35. The van der Waals surface area contributed by atoms with Gasteiger partial charge in [-0.3, -0.25) is 9.59 Å². The summed E-state index contributed by atoms with van der Waals surface area (Å²) in [6.07, 6.45) is 0. The number of benzene rings is 2. The van der Waals surface area contributed by atoms with Crippen LogP contribution in [0.5, 0.6) is 0 Å². The number of aromatic nitrogens is 2. The maximum absolute atomic E-state index is 12.8. The molecule has 156 valence electrons. The number of imidazole rings is 1. The van der Waals surface area contributed by atoms with Gasteiger partial charge >= 0.3 is 0 Å². The van der Waals surface area contributed by atoms with Crippen molar-refractivity contribution in [1.29, 1.82) is 0 Å². The first-order valence-electron chi connectivity index (χ1n) is 9.48. The van der Waals surface area contributed by atoms with E-state index in [2.05, 4.69) is 15.3 Å². The van der Waals surface area contributed by atoms with Crippen molar-refractivity contribution < 1.29 is 19.1 Å². The van der Waals surface area contributed by atoms with E-state index in [1.54, 1.807) is 48.4 Å². The van der Waals surface area contributed by atoms with Gasteiger partial charge in [-0.25, -0.2) is 4.98 Å². The predicted octanol–water partition coefficient (Wildman–Crippen LogP) is 2.70. The van der Waals surface area contributed by atoms with E-state index in [4.69, 9.17) is 21.1 Å². The number of fused-ring (bicyclic) bond motifs is 1. The van der Waals surface area contributed by atoms with Crippen LogP contribution in [0, 0.1) is 0 Å². The van der Waals surface area contributed by atoms with Crippen LogP contribution in [-0.2, 0) is 14.3 Å². The number of morpholine rings is 1. The molecule has 2 amide bonds. The summed E-state index contributed by atoms with van der Waals surface area (Å²) >= 11 is 6.04. The third-order valence-corrected chi connectivity index (χ3v) is 5.09. The fourth-order valence-electron chi connectivity index (χ4n) is 3.35. The fraction of sp³-hybridized carbons (Fsp3) is 0.286. The van der Waals surface area contributed by atoms with E-state index in [1.165, 1.54) is 0 Å². The lowest BCUT2D eigenvalue weighted by molar-refractivity contribution is -0.125. The van der Waals surface area contributed by atoms with Crippen LogP contribution in [0.15, 0.2) is 42.5 Å². The maximum atomic E-state index is 12.8. The molecule has 0 spiro atoms. The van der Waals surface area contributed by atoms with Crippen molar-refractivity contribution in [3.63, 3.8) is 0 Å². The second-order valence-electron chi connectivity index (χ2n) is 6.91. The number of nitrogens with zero attached hydrogens (tertiary/aromatic N) is 2. The van der Waals surface area contributed by atoms with Crippen molar-refractivity contribution >= 4 is 40.1 Å². The Morgan fingerprint density at radius 1 is 1.33 bits per heavy atom. The number of aromatic amines is 1. The van der Waals surface area contributed by atoms with Crippen molar-refractivity contribution in [2.45, 2.75) is 6.04 Å². The van der Waals surface area contributed by atoms with Gasteiger partial charge in [0.25, 0.3) is 11.8 Å². The number of anilines is 1. The van der Waals surface area contributed by atoms with Crippen LogP contribution >= 0.6 is 11.6 Å². The molecule has 1 atom stereocenters. The minimum atomic E-state index is -0.464. The zero-order valence-corrected chi connectivity index (χ0v) is 17.1. The van der Waals surface area contributed by atoms with E-state index in [9.17, 15) is 9.59 Å². The number of H-pyrrole nitrogens is 1. The van der Waals surface area contributed by atoms with Crippen molar-refractivity contribution in [1.82, 2.24) is 15.3 Å². The smallest absolute Gasteiger partial charge is 0.253 e. The highest BCUT2D eigenvalue weighted by molar-refractivity contribution is 6.31. The van der Waals surface area contributed by atoms with Gasteiger partial charge in [-0.15, -0.1) is 0 Å². The molecule has 2 aromatic carbocycles. The number of rotatable bonds is 6. The van der Waals surface area contributed by atoms with Crippen LogP contribution in [0.4, 0.5) is 5.69 Å². The van der Waals surface area contributed by atoms with Crippen LogP contribution < -0.4 is 10.2 Å². The average Bonchev–Trinajstić information content (AvgIpc) is 3.17. The average molecular weight is 429 g/mol. The molecule has 2 N–H and O–H groups in total. The van der Waals surface area contributed by atoms with Gasteiger partial charge in [-0.2, -0.15) is 0 Å². The van der Waals surface area contributed by atoms with E-state index >= 15 is 0 Å². The Labute approximate surface area is 178 Å². The van der Waals surface area contributed by atoms with Crippen LogP contribution in [0.25, 0.3) is 11.0 Å². The number of halogens is 1. The molecule has 1 aliphatic rings. The number of carbonyl (C=O) groups is 2. The summed E-state index contributed by atoms with van der Waals surface area (Å²) in [5, 5.41) is 3.54. The summed E-state index contributed by atoms with van der Waals surface area (Å²) in [6, 6.07) is 11.8. The van der Waals surface area contributed by atoms with Gasteiger partial charge in [-0.05, 0) is 42.5 Å². The third kappa shape index (κ3) is 4.30. The number of hydrogen-bond acceptors (Lipinski definition) is 5. The minimum Gasteiger partial charge on any atom is -0.382 e. The highest BCUT2D eigenvalue weighted by Crippen LogP contribution is 2.21. The topological polar surface area (TPSA) is 96.6 Å². The first-order chi connectivity index (χ1) is 14.5. The first kappa shape index (κ1) is 20.3. The lowest BCUT2D eigenvalue weighted by Gasteiger charge is -2.26.